The summed E-state index contributed by atoms with van der Waals surface area (Å²) in [5, 5.41) is 111. The Morgan fingerprint density at radius 1 is 0.761 bits per heavy atom. The molecule has 0 aliphatic carbocycles. The van der Waals surface area contributed by atoms with Gasteiger partial charge in [-0.2, -0.15) is 0 Å². The normalized spacial score (nSPS) is 32.3. The lowest BCUT2D eigenvalue weighted by Gasteiger charge is -2.46. The highest BCUT2D eigenvalue weighted by molar-refractivity contribution is 5.87. The van der Waals surface area contributed by atoms with Gasteiger partial charge in [0.15, 0.2) is 41.7 Å². The minimum atomic E-state index is -1.93. The number of rotatable bonds is 11. The SMILES string of the molecule is O=C(C=Cc1ccc(O)c(O)c1)OC1C(CO)OC(OCC(O)c2ccc(O)c(O)c2)C(O)C1OC1OC(CO)C(O)C(O)C1O. The first-order valence-corrected chi connectivity index (χ1v) is 14.0. The number of aromatic hydroxyl groups is 4. The summed E-state index contributed by atoms with van der Waals surface area (Å²) >= 11 is 0. The van der Waals surface area contributed by atoms with Gasteiger partial charge in [-0.3, -0.25) is 0 Å². The number of aliphatic hydroxyl groups excluding tert-OH is 7. The molecule has 2 heterocycles. The molecule has 2 aliphatic rings. The number of benzene rings is 2. The minimum Gasteiger partial charge on any atom is -0.504 e. The maximum Gasteiger partial charge on any atom is 0.331 e. The second-order valence-electron chi connectivity index (χ2n) is 10.6. The van der Waals surface area contributed by atoms with Gasteiger partial charge < -0.3 is 79.9 Å². The number of ether oxygens (including phenoxy) is 5. The van der Waals surface area contributed by atoms with Gasteiger partial charge in [-0.25, -0.2) is 4.79 Å². The third-order valence-corrected chi connectivity index (χ3v) is 7.40. The molecule has 11 N–H and O–H groups in total. The van der Waals surface area contributed by atoms with E-state index in [2.05, 4.69) is 0 Å². The lowest BCUT2D eigenvalue weighted by atomic mass is 9.96. The van der Waals surface area contributed by atoms with Crippen LogP contribution >= 0.6 is 0 Å². The van der Waals surface area contributed by atoms with Crippen molar-refractivity contribution in [2.24, 2.45) is 0 Å². The summed E-state index contributed by atoms with van der Waals surface area (Å²) in [5.74, 6) is -2.85. The van der Waals surface area contributed by atoms with E-state index in [9.17, 15) is 61.0 Å². The predicted molar refractivity (Wildman–Crippen MR) is 150 cm³/mol. The van der Waals surface area contributed by atoms with Crippen molar-refractivity contribution in [3.05, 3.63) is 53.6 Å². The number of hydrogen-bond acceptors (Lipinski definition) is 17. The van der Waals surface area contributed by atoms with Gasteiger partial charge in [-0.05, 0) is 41.5 Å². The van der Waals surface area contributed by atoms with E-state index in [4.69, 9.17) is 23.7 Å². The standard InChI is InChI=1S/C29H36O17/c30-9-19-22(38)23(39)24(40)29(43-19)46-27-25(41)28(42-11-18(36)13-3-5-15(33)17(35)8-13)44-20(10-31)26(27)45-21(37)6-2-12-1-4-14(32)16(34)7-12/h1-8,18-20,22-36,38-41H,9-11H2. The van der Waals surface area contributed by atoms with Crippen LogP contribution in [0.3, 0.4) is 0 Å². The Balaban J connectivity index is 1.56. The van der Waals surface area contributed by atoms with Crippen molar-refractivity contribution in [3.63, 3.8) is 0 Å². The molecule has 17 nitrogen and oxygen atoms in total. The van der Waals surface area contributed by atoms with Crippen molar-refractivity contribution in [2.75, 3.05) is 19.8 Å². The monoisotopic (exact) mass is 656 g/mol. The fourth-order valence-electron chi connectivity index (χ4n) is 4.82. The van der Waals surface area contributed by atoms with Crippen molar-refractivity contribution in [1.29, 1.82) is 0 Å². The summed E-state index contributed by atoms with van der Waals surface area (Å²) in [6.45, 7) is -2.21. The molecule has 2 aromatic rings. The molecule has 17 heteroatoms. The Kier molecular flexibility index (Phi) is 11.8. The molecule has 254 valence electrons. The molecule has 0 radical (unpaired) electrons. The lowest BCUT2D eigenvalue weighted by Crippen LogP contribution is -2.65. The van der Waals surface area contributed by atoms with Crippen molar-refractivity contribution in [3.8, 4) is 23.0 Å². The number of hydrogen-bond donors (Lipinski definition) is 11. The Morgan fingerprint density at radius 2 is 1.39 bits per heavy atom. The van der Waals surface area contributed by atoms with Crippen LogP contribution in [0.4, 0.5) is 0 Å². The van der Waals surface area contributed by atoms with Gasteiger partial charge in [0.1, 0.15) is 48.8 Å². The summed E-state index contributed by atoms with van der Waals surface area (Å²) in [6.07, 6.45) is -16.4. The molecule has 2 saturated heterocycles. The molecule has 2 aliphatic heterocycles. The highest BCUT2D eigenvalue weighted by Crippen LogP contribution is 2.33. The average Bonchev–Trinajstić information content (AvgIpc) is 3.03. The maximum atomic E-state index is 12.8. The molecule has 11 unspecified atom stereocenters. The second-order valence-corrected chi connectivity index (χ2v) is 10.6. The predicted octanol–water partition coefficient (Wildman–Crippen LogP) is -2.55. The third kappa shape index (κ3) is 8.03. The van der Waals surface area contributed by atoms with Gasteiger partial charge in [0.05, 0.1) is 19.8 Å². The van der Waals surface area contributed by atoms with Crippen LogP contribution in [0, 0.1) is 0 Å². The van der Waals surface area contributed by atoms with Crippen molar-refractivity contribution in [1.82, 2.24) is 0 Å². The van der Waals surface area contributed by atoms with Crippen LogP contribution in [0.15, 0.2) is 42.5 Å². The molecule has 11 atom stereocenters. The zero-order valence-electron chi connectivity index (χ0n) is 24.0. The second kappa shape index (κ2) is 15.3. The highest BCUT2D eigenvalue weighted by atomic mass is 16.7. The Labute approximate surface area is 260 Å². The molecule has 0 aromatic heterocycles. The van der Waals surface area contributed by atoms with Crippen molar-refractivity contribution >= 4 is 12.0 Å². The van der Waals surface area contributed by atoms with Crippen LogP contribution in [-0.4, -0.2) is 143 Å². The third-order valence-electron chi connectivity index (χ3n) is 7.40. The smallest absolute Gasteiger partial charge is 0.331 e. The average molecular weight is 657 g/mol. The Bertz CT molecular complexity index is 1350. The Morgan fingerprint density at radius 3 is 2.02 bits per heavy atom. The zero-order valence-corrected chi connectivity index (χ0v) is 24.0. The zero-order chi connectivity index (χ0) is 33.7. The fraction of sp³-hybridized carbons (Fsp3) is 0.483. The van der Waals surface area contributed by atoms with Crippen LogP contribution in [0.1, 0.15) is 17.2 Å². The first-order chi connectivity index (χ1) is 21.8. The summed E-state index contributed by atoms with van der Waals surface area (Å²) in [6, 6.07) is 7.22. The molecule has 2 aromatic carbocycles. The number of esters is 1. The van der Waals surface area contributed by atoms with E-state index in [1.54, 1.807) is 0 Å². The van der Waals surface area contributed by atoms with E-state index >= 15 is 0 Å². The number of phenolic OH excluding ortho intramolecular Hbond substituents is 4. The van der Waals surface area contributed by atoms with Crippen molar-refractivity contribution < 1.29 is 84.7 Å². The van der Waals surface area contributed by atoms with Gasteiger partial charge in [0, 0.05) is 6.08 Å². The summed E-state index contributed by atoms with van der Waals surface area (Å²) in [4.78, 5) is 12.8. The molecular weight excluding hydrogens is 620 g/mol. The number of phenols is 4. The van der Waals surface area contributed by atoms with Crippen LogP contribution in [0.5, 0.6) is 23.0 Å². The molecule has 0 saturated carbocycles. The van der Waals surface area contributed by atoms with E-state index in [1.807, 2.05) is 0 Å². The van der Waals surface area contributed by atoms with E-state index < -0.39 is 116 Å². The van der Waals surface area contributed by atoms with Crippen LogP contribution in [0.2, 0.25) is 0 Å². The quantitative estimate of drug-likeness (QED) is 0.0674. The molecule has 46 heavy (non-hydrogen) atoms. The summed E-state index contributed by atoms with van der Waals surface area (Å²) < 4.78 is 27.7. The molecule has 2 fully saturated rings. The van der Waals surface area contributed by atoms with E-state index in [0.29, 0.717) is 0 Å². The number of carbonyl (C=O) groups is 1. The van der Waals surface area contributed by atoms with E-state index in [1.165, 1.54) is 24.3 Å². The number of carbonyl (C=O) groups excluding carboxylic acids is 1. The van der Waals surface area contributed by atoms with E-state index in [-0.39, 0.29) is 11.1 Å². The topological polar surface area (TPSA) is 286 Å². The minimum absolute atomic E-state index is 0.119. The van der Waals surface area contributed by atoms with Gasteiger partial charge in [0.25, 0.3) is 0 Å². The molecule has 0 amide bonds. The first-order valence-electron chi connectivity index (χ1n) is 14.0. The van der Waals surface area contributed by atoms with E-state index in [0.717, 1.165) is 24.3 Å². The lowest BCUT2D eigenvalue weighted by molar-refractivity contribution is -0.361. The van der Waals surface area contributed by atoms with Crippen molar-refractivity contribution in [2.45, 2.75) is 67.5 Å². The molecule has 0 spiro atoms. The molecular formula is C29H36O17. The van der Waals surface area contributed by atoms with Gasteiger partial charge in [-0.15, -0.1) is 0 Å². The maximum absolute atomic E-state index is 12.8. The van der Waals surface area contributed by atoms with Gasteiger partial charge in [0.2, 0.25) is 0 Å². The largest absolute Gasteiger partial charge is 0.504 e. The first kappa shape index (κ1) is 35.3. The molecule has 4 rings (SSSR count). The highest BCUT2D eigenvalue weighted by Gasteiger charge is 2.52. The number of aliphatic hydroxyl groups is 7. The van der Waals surface area contributed by atoms with Crippen LogP contribution < -0.4 is 0 Å². The Hall–Kier alpha value is -3.59. The van der Waals surface area contributed by atoms with Crippen LogP contribution in [0.25, 0.3) is 6.08 Å². The summed E-state index contributed by atoms with van der Waals surface area (Å²) in [7, 11) is 0. The molecule has 0 bridgehead atoms. The van der Waals surface area contributed by atoms with Gasteiger partial charge >= 0.3 is 5.97 Å². The fourth-order valence-corrected chi connectivity index (χ4v) is 4.82. The van der Waals surface area contributed by atoms with Crippen LogP contribution in [-0.2, 0) is 28.5 Å². The summed E-state index contributed by atoms with van der Waals surface area (Å²) in [5.41, 5.74) is 0.406. The van der Waals surface area contributed by atoms with Gasteiger partial charge in [-0.1, -0.05) is 12.1 Å².